The fourth-order valence-electron chi connectivity index (χ4n) is 3.15. The van der Waals surface area contributed by atoms with Gasteiger partial charge in [-0.1, -0.05) is 17.4 Å². The van der Waals surface area contributed by atoms with Gasteiger partial charge in [0.2, 0.25) is 5.91 Å². The van der Waals surface area contributed by atoms with Crippen LogP contribution in [0.1, 0.15) is 5.56 Å². The Morgan fingerprint density at radius 3 is 2.75 bits per heavy atom. The third-order valence-corrected chi connectivity index (χ3v) is 5.54. The predicted molar refractivity (Wildman–Crippen MR) is 110 cm³/mol. The Balaban J connectivity index is 1.39. The lowest BCUT2D eigenvalue weighted by atomic mass is 10.2. The van der Waals surface area contributed by atoms with Gasteiger partial charge in [0.1, 0.15) is 12.3 Å². The summed E-state index contributed by atoms with van der Waals surface area (Å²) < 4.78 is 6.17. The van der Waals surface area contributed by atoms with Gasteiger partial charge < -0.3 is 15.0 Å². The van der Waals surface area contributed by atoms with Crippen molar-refractivity contribution in [1.82, 2.24) is 9.88 Å². The van der Waals surface area contributed by atoms with E-state index in [9.17, 15) is 9.59 Å². The molecule has 0 aliphatic carbocycles. The summed E-state index contributed by atoms with van der Waals surface area (Å²) >= 11 is 1.43. The third kappa shape index (κ3) is 3.63. The molecule has 1 fully saturated rings. The van der Waals surface area contributed by atoms with Crippen molar-refractivity contribution in [2.24, 2.45) is 0 Å². The van der Waals surface area contributed by atoms with Gasteiger partial charge in [-0.25, -0.2) is 9.78 Å². The molecule has 0 atom stereocenters. The van der Waals surface area contributed by atoms with Crippen molar-refractivity contribution in [1.29, 1.82) is 0 Å². The van der Waals surface area contributed by atoms with Crippen LogP contribution in [-0.2, 0) is 4.79 Å². The number of anilines is 2. The summed E-state index contributed by atoms with van der Waals surface area (Å²) in [6.07, 6.45) is 0. The van der Waals surface area contributed by atoms with E-state index in [1.165, 1.54) is 16.2 Å². The van der Waals surface area contributed by atoms with E-state index < -0.39 is 0 Å². The number of hydrogen-bond acceptors (Lipinski definition) is 5. The molecule has 1 aliphatic heterocycles. The zero-order valence-corrected chi connectivity index (χ0v) is 16.5. The predicted octanol–water partition coefficient (Wildman–Crippen LogP) is 3.49. The Morgan fingerprint density at radius 1 is 1.21 bits per heavy atom. The average molecular weight is 396 g/mol. The van der Waals surface area contributed by atoms with Crippen LogP contribution < -0.4 is 15.0 Å². The Morgan fingerprint density at radius 2 is 2.00 bits per heavy atom. The van der Waals surface area contributed by atoms with Crippen LogP contribution >= 0.6 is 11.3 Å². The van der Waals surface area contributed by atoms with Gasteiger partial charge in [-0.15, -0.1) is 0 Å². The van der Waals surface area contributed by atoms with Crippen LogP contribution in [0.2, 0.25) is 0 Å². The smallest absolute Gasteiger partial charge is 0.325 e. The van der Waals surface area contributed by atoms with Crippen molar-refractivity contribution in [3.63, 3.8) is 0 Å². The van der Waals surface area contributed by atoms with Gasteiger partial charge in [-0.2, -0.15) is 0 Å². The largest absolute Gasteiger partial charge is 0.497 e. The maximum atomic E-state index is 12.7. The minimum Gasteiger partial charge on any atom is -0.497 e. The van der Waals surface area contributed by atoms with E-state index in [4.69, 9.17) is 4.74 Å². The van der Waals surface area contributed by atoms with Gasteiger partial charge in [0.15, 0.2) is 5.13 Å². The molecule has 7 nitrogen and oxygen atoms in total. The Kier molecular flexibility index (Phi) is 4.87. The lowest BCUT2D eigenvalue weighted by Gasteiger charge is -2.18. The number of nitrogens with one attached hydrogen (secondary N) is 1. The number of carbonyl (C=O) groups excluding carboxylic acids is 2. The second-order valence-electron chi connectivity index (χ2n) is 6.59. The van der Waals surface area contributed by atoms with Gasteiger partial charge in [0.25, 0.3) is 0 Å². The molecular formula is C20H20N4O3S. The molecule has 3 aromatic rings. The van der Waals surface area contributed by atoms with Crippen molar-refractivity contribution in [2.75, 3.05) is 37.0 Å². The molecule has 0 bridgehead atoms. The van der Waals surface area contributed by atoms with Crippen molar-refractivity contribution < 1.29 is 14.3 Å². The summed E-state index contributed by atoms with van der Waals surface area (Å²) in [5.74, 6) is 0.485. The first-order valence-electron chi connectivity index (χ1n) is 8.91. The minimum absolute atomic E-state index is 0.000438. The molecule has 28 heavy (non-hydrogen) atoms. The summed E-state index contributed by atoms with van der Waals surface area (Å²) in [4.78, 5) is 32.7. The van der Waals surface area contributed by atoms with E-state index in [1.54, 1.807) is 12.0 Å². The second kappa shape index (κ2) is 7.47. The zero-order chi connectivity index (χ0) is 19.7. The quantitative estimate of drug-likeness (QED) is 0.716. The number of thiazole rings is 1. The van der Waals surface area contributed by atoms with Crippen LogP contribution in [0.25, 0.3) is 10.2 Å². The average Bonchev–Trinajstić information content (AvgIpc) is 3.24. The number of rotatable bonds is 5. The monoisotopic (exact) mass is 396 g/mol. The van der Waals surface area contributed by atoms with Crippen LogP contribution in [0, 0.1) is 6.92 Å². The maximum Gasteiger partial charge on any atom is 0.325 e. The summed E-state index contributed by atoms with van der Waals surface area (Å²) in [7, 11) is 1.60. The number of urea groups is 1. The highest BCUT2D eigenvalue weighted by molar-refractivity contribution is 7.22. The lowest BCUT2D eigenvalue weighted by Crippen LogP contribution is -2.37. The number of benzene rings is 2. The summed E-state index contributed by atoms with van der Waals surface area (Å²) in [6.45, 7) is 3.06. The molecule has 1 saturated heterocycles. The van der Waals surface area contributed by atoms with Gasteiger partial charge in [-0.05, 0) is 48.9 Å². The zero-order valence-electron chi connectivity index (χ0n) is 15.6. The molecule has 1 N–H and O–H groups in total. The minimum atomic E-state index is -0.249. The number of carbonyl (C=O) groups is 2. The molecule has 3 amide bonds. The van der Waals surface area contributed by atoms with E-state index in [0.29, 0.717) is 18.2 Å². The van der Waals surface area contributed by atoms with Crippen LogP contribution in [0.3, 0.4) is 0 Å². The van der Waals surface area contributed by atoms with E-state index in [-0.39, 0.29) is 18.5 Å². The molecule has 1 aromatic heterocycles. The van der Waals surface area contributed by atoms with Crippen LogP contribution in [0.4, 0.5) is 15.6 Å². The summed E-state index contributed by atoms with van der Waals surface area (Å²) in [5.41, 5.74) is 2.79. The van der Waals surface area contributed by atoms with Gasteiger partial charge >= 0.3 is 6.03 Å². The maximum absolute atomic E-state index is 12.7. The number of amides is 3. The number of aromatic nitrogens is 1. The Labute approximate surface area is 166 Å². The number of methoxy groups -OCH3 is 1. The first-order valence-corrected chi connectivity index (χ1v) is 9.73. The highest BCUT2D eigenvalue weighted by Gasteiger charge is 2.31. The van der Waals surface area contributed by atoms with Crippen molar-refractivity contribution in [3.05, 3.63) is 48.0 Å². The van der Waals surface area contributed by atoms with Gasteiger partial charge in [0, 0.05) is 18.8 Å². The molecule has 0 radical (unpaired) electrons. The molecule has 0 spiro atoms. The van der Waals surface area contributed by atoms with E-state index in [0.717, 1.165) is 27.2 Å². The molecule has 4 rings (SSSR count). The summed E-state index contributed by atoms with van der Waals surface area (Å²) in [6, 6.07) is 13.1. The number of fused-ring (bicyclic) bond motifs is 1. The van der Waals surface area contributed by atoms with E-state index >= 15 is 0 Å². The second-order valence-corrected chi connectivity index (χ2v) is 7.62. The topological polar surface area (TPSA) is 74.8 Å². The Bertz CT molecular complexity index is 1030. The first-order chi connectivity index (χ1) is 13.5. The lowest BCUT2D eigenvalue weighted by molar-refractivity contribution is -0.116. The summed E-state index contributed by atoms with van der Waals surface area (Å²) in [5, 5.41) is 3.35. The number of nitrogens with zero attached hydrogens (tertiary/aromatic N) is 3. The first kappa shape index (κ1) is 18.2. The molecule has 8 heteroatoms. The highest BCUT2D eigenvalue weighted by atomic mass is 32.1. The Hall–Kier alpha value is -3.13. The van der Waals surface area contributed by atoms with Crippen molar-refractivity contribution in [2.45, 2.75) is 6.92 Å². The molecule has 1 aliphatic rings. The molecular weight excluding hydrogens is 376 g/mol. The SMILES string of the molecule is COc1ccc(N2CCN(CC(=O)Nc3nc4ccc(C)cc4s3)C2=O)cc1. The van der Waals surface area contributed by atoms with Crippen LogP contribution in [0.15, 0.2) is 42.5 Å². The van der Waals surface area contributed by atoms with Crippen molar-refractivity contribution in [3.8, 4) is 5.75 Å². The standard InChI is InChI=1S/C20H20N4O3S/c1-13-3-8-16-17(11-13)28-19(21-16)22-18(25)12-23-9-10-24(20(23)26)14-4-6-15(27-2)7-5-14/h3-8,11H,9-10,12H2,1-2H3,(H,21,22,25). The highest BCUT2D eigenvalue weighted by Crippen LogP contribution is 2.27. The molecule has 144 valence electrons. The molecule has 0 saturated carbocycles. The normalized spacial score (nSPS) is 14.0. The fraction of sp³-hybridized carbons (Fsp3) is 0.250. The number of hydrogen-bond donors (Lipinski definition) is 1. The van der Waals surface area contributed by atoms with E-state index in [2.05, 4.69) is 10.3 Å². The van der Waals surface area contributed by atoms with Crippen molar-refractivity contribution >= 4 is 44.3 Å². The molecule has 2 heterocycles. The van der Waals surface area contributed by atoms with Crippen LogP contribution in [-0.4, -0.2) is 48.6 Å². The number of aryl methyl sites for hydroxylation is 1. The fourth-order valence-corrected chi connectivity index (χ4v) is 4.13. The van der Waals surface area contributed by atoms with Gasteiger partial charge in [-0.3, -0.25) is 9.69 Å². The molecule has 2 aromatic carbocycles. The van der Waals surface area contributed by atoms with E-state index in [1.807, 2.05) is 49.4 Å². The third-order valence-electron chi connectivity index (χ3n) is 4.60. The van der Waals surface area contributed by atoms with Crippen LogP contribution in [0.5, 0.6) is 5.75 Å². The van der Waals surface area contributed by atoms with Gasteiger partial charge in [0.05, 0.1) is 17.3 Å². The number of ether oxygens (including phenoxy) is 1. The molecule has 0 unspecified atom stereocenters.